The number of aryl methyl sites for hydroxylation is 2. The topological polar surface area (TPSA) is 47.0 Å². The highest BCUT2D eigenvalue weighted by molar-refractivity contribution is 5.35. The fourth-order valence-electron chi connectivity index (χ4n) is 1.92. The van der Waals surface area contributed by atoms with Crippen LogP contribution in [0.4, 0.5) is 5.82 Å². The van der Waals surface area contributed by atoms with Crippen LogP contribution in [-0.2, 0) is 17.8 Å². The van der Waals surface area contributed by atoms with E-state index in [1.165, 1.54) is 5.56 Å². The third-order valence-electron chi connectivity index (χ3n) is 2.92. The molecule has 0 saturated heterocycles. The Morgan fingerprint density at radius 2 is 1.95 bits per heavy atom. The van der Waals surface area contributed by atoms with E-state index >= 15 is 0 Å². The van der Waals surface area contributed by atoms with Gasteiger partial charge in [0, 0.05) is 18.3 Å². The predicted octanol–water partition coefficient (Wildman–Crippen LogP) is 2.98. The van der Waals surface area contributed by atoms with Crippen LogP contribution in [0.1, 0.15) is 24.0 Å². The normalized spacial score (nSPS) is 10.5. The van der Waals surface area contributed by atoms with Crippen molar-refractivity contribution in [3.05, 3.63) is 53.5 Å². The minimum Gasteiger partial charge on any atom is -0.375 e. The first-order valence-corrected chi connectivity index (χ1v) is 6.98. The maximum atomic E-state index is 5.62. The lowest BCUT2D eigenvalue weighted by atomic mass is 10.2. The van der Waals surface area contributed by atoms with E-state index < -0.39 is 0 Å². The maximum Gasteiger partial charge on any atom is 0.130 e. The number of ether oxygens (including phenoxy) is 1. The van der Waals surface area contributed by atoms with Gasteiger partial charge in [0.1, 0.15) is 11.6 Å². The number of aromatic nitrogens is 2. The number of hydrogen-bond acceptors (Lipinski definition) is 4. The largest absolute Gasteiger partial charge is 0.375 e. The highest BCUT2D eigenvalue weighted by Crippen LogP contribution is 2.07. The molecule has 1 aromatic carbocycles. The van der Waals surface area contributed by atoms with Crippen LogP contribution in [0, 0.1) is 6.92 Å². The van der Waals surface area contributed by atoms with Crippen molar-refractivity contribution in [2.45, 2.75) is 26.9 Å². The van der Waals surface area contributed by atoms with Crippen LogP contribution in [0.15, 0.2) is 36.4 Å². The SMILES string of the molecule is CCc1cc(NCCOCc2ccccc2)nc(C)n1. The van der Waals surface area contributed by atoms with Gasteiger partial charge < -0.3 is 10.1 Å². The zero-order chi connectivity index (χ0) is 14.2. The molecule has 0 aliphatic heterocycles. The third kappa shape index (κ3) is 4.63. The minimum absolute atomic E-state index is 0.644. The molecule has 1 heterocycles. The first-order chi connectivity index (χ1) is 9.78. The lowest BCUT2D eigenvalue weighted by Gasteiger charge is -2.08. The van der Waals surface area contributed by atoms with E-state index in [-0.39, 0.29) is 0 Å². The summed E-state index contributed by atoms with van der Waals surface area (Å²) in [6, 6.07) is 12.2. The molecule has 0 unspecified atom stereocenters. The predicted molar refractivity (Wildman–Crippen MR) is 80.7 cm³/mol. The fourth-order valence-corrected chi connectivity index (χ4v) is 1.92. The van der Waals surface area contributed by atoms with Crippen LogP contribution in [0.3, 0.4) is 0 Å². The highest BCUT2D eigenvalue weighted by atomic mass is 16.5. The second-order valence-corrected chi connectivity index (χ2v) is 4.61. The minimum atomic E-state index is 0.644. The Labute approximate surface area is 120 Å². The van der Waals surface area contributed by atoms with Crippen LogP contribution in [0.2, 0.25) is 0 Å². The molecule has 0 atom stereocenters. The Balaban J connectivity index is 1.72. The van der Waals surface area contributed by atoms with Crippen molar-refractivity contribution in [3.8, 4) is 0 Å². The van der Waals surface area contributed by atoms with E-state index in [4.69, 9.17) is 4.74 Å². The van der Waals surface area contributed by atoms with Crippen LogP contribution in [-0.4, -0.2) is 23.1 Å². The van der Waals surface area contributed by atoms with Crippen LogP contribution >= 0.6 is 0 Å². The molecule has 20 heavy (non-hydrogen) atoms. The number of anilines is 1. The molecule has 2 rings (SSSR count). The van der Waals surface area contributed by atoms with E-state index in [2.05, 4.69) is 34.3 Å². The van der Waals surface area contributed by atoms with Gasteiger partial charge in [0.25, 0.3) is 0 Å². The van der Waals surface area contributed by atoms with E-state index in [0.29, 0.717) is 13.2 Å². The molecular formula is C16H21N3O. The van der Waals surface area contributed by atoms with Crippen molar-refractivity contribution in [2.24, 2.45) is 0 Å². The lowest BCUT2D eigenvalue weighted by Crippen LogP contribution is -2.11. The van der Waals surface area contributed by atoms with Crippen molar-refractivity contribution in [2.75, 3.05) is 18.5 Å². The fraction of sp³-hybridized carbons (Fsp3) is 0.375. The Morgan fingerprint density at radius 1 is 1.15 bits per heavy atom. The van der Waals surface area contributed by atoms with Gasteiger partial charge in [-0.25, -0.2) is 9.97 Å². The van der Waals surface area contributed by atoms with E-state index in [0.717, 1.165) is 30.3 Å². The first kappa shape index (κ1) is 14.5. The molecular weight excluding hydrogens is 250 g/mol. The molecule has 0 radical (unpaired) electrons. The summed E-state index contributed by atoms with van der Waals surface area (Å²) >= 11 is 0. The van der Waals surface area contributed by atoms with E-state index in [9.17, 15) is 0 Å². The van der Waals surface area contributed by atoms with Crippen molar-refractivity contribution in [3.63, 3.8) is 0 Å². The molecule has 0 saturated carbocycles. The van der Waals surface area contributed by atoms with Crippen LogP contribution in [0.25, 0.3) is 0 Å². The molecule has 0 bridgehead atoms. The molecule has 4 heteroatoms. The van der Waals surface area contributed by atoms with Crippen molar-refractivity contribution < 1.29 is 4.74 Å². The summed E-state index contributed by atoms with van der Waals surface area (Å²) < 4.78 is 5.62. The summed E-state index contributed by atoms with van der Waals surface area (Å²) in [6.45, 7) is 6.04. The number of rotatable bonds is 7. The summed E-state index contributed by atoms with van der Waals surface area (Å²) in [6.07, 6.45) is 0.919. The van der Waals surface area contributed by atoms with Gasteiger partial charge in [0.2, 0.25) is 0 Å². The number of nitrogens with one attached hydrogen (secondary N) is 1. The third-order valence-corrected chi connectivity index (χ3v) is 2.92. The van der Waals surface area contributed by atoms with Gasteiger partial charge in [0.15, 0.2) is 0 Å². The first-order valence-electron chi connectivity index (χ1n) is 6.98. The van der Waals surface area contributed by atoms with Gasteiger partial charge in [0.05, 0.1) is 13.2 Å². The average Bonchev–Trinajstić information content (AvgIpc) is 2.47. The smallest absolute Gasteiger partial charge is 0.130 e. The van der Waals surface area contributed by atoms with Gasteiger partial charge in [-0.05, 0) is 18.9 Å². The molecule has 2 aromatic rings. The highest BCUT2D eigenvalue weighted by Gasteiger charge is 2.00. The van der Waals surface area contributed by atoms with Gasteiger partial charge in [-0.2, -0.15) is 0 Å². The molecule has 4 nitrogen and oxygen atoms in total. The Kier molecular flexibility index (Phi) is 5.50. The summed E-state index contributed by atoms with van der Waals surface area (Å²) in [4.78, 5) is 8.71. The number of nitrogens with zero attached hydrogens (tertiary/aromatic N) is 2. The number of benzene rings is 1. The zero-order valence-electron chi connectivity index (χ0n) is 12.1. The quantitative estimate of drug-likeness (QED) is 0.786. The molecule has 106 valence electrons. The molecule has 0 fully saturated rings. The molecule has 0 aliphatic rings. The summed E-state index contributed by atoms with van der Waals surface area (Å²) in [5.74, 6) is 1.68. The zero-order valence-corrected chi connectivity index (χ0v) is 12.1. The monoisotopic (exact) mass is 271 g/mol. The molecule has 0 amide bonds. The molecule has 0 spiro atoms. The Morgan fingerprint density at radius 3 is 2.70 bits per heavy atom. The second-order valence-electron chi connectivity index (χ2n) is 4.61. The Hall–Kier alpha value is -1.94. The second kappa shape index (κ2) is 7.60. The lowest BCUT2D eigenvalue weighted by molar-refractivity contribution is 0.130. The van der Waals surface area contributed by atoms with Crippen molar-refractivity contribution in [1.82, 2.24) is 9.97 Å². The molecule has 1 aromatic heterocycles. The van der Waals surface area contributed by atoms with Crippen LogP contribution in [0.5, 0.6) is 0 Å². The van der Waals surface area contributed by atoms with Gasteiger partial charge >= 0.3 is 0 Å². The number of hydrogen-bond donors (Lipinski definition) is 1. The molecule has 1 N–H and O–H groups in total. The maximum absolute atomic E-state index is 5.62. The Bertz CT molecular complexity index is 529. The summed E-state index contributed by atoms with van der Waals surface area (Å²) in [5, 5.41) is 3.27. The van der Waals surface area contributed by atoms with Gasteiger partial charge in [-0.1, -0.05) is 37.3 Å². The summed E-state index contributed by atoms with van der Waals surface area (Å²) in [5.41, 5.74) is 2.25. The van der Waals surface area contributed by atoms with E-state index in [1.54, 1.807) is 0 Å². The average molecular weight is 271 g/mol. The van der Waals surface area contributed by atoms with Crippen molar-refractivity contribution >= 4 is 5.82 Å². The van der Waals surface area contributed by atoms with Crippen LogP contribution < -0.4 is 5.32 Å². The molecule has 0 aliphatic carbocycles. The van der Waals surface area contributed by atoms with Crippen molar-refractivity contribution in [1.29, 1.82) is 0 Å². The summed E-state index contributed by atoms with van der Waals surface area (Å²) in [7, 11) is 0. The van der Waals surface area contributed by atoms with E-state index in [1.807, 2.05) is 31.2 Å². The standard InChI is InChI=1S/C16H21N3O/c1-3-15-11-16(19-13(2)18-15)17-9-10-20-12-14-7-5-4-6-8-14/h4-8,11H,3,9-10,12H2,1-2H3,(H,17,18,19). The van der Waals surface area contributed by atoms with Gasteiger partial charge in [-0.3, -0.25) is 0 Å². The van der Waals surface area contributed by atoms with Gasteiger partial charge in [-0.15, -0.1) is 0 Å².